The molecular weight excluding hydrogens is 628 g/mol. The lowest BCUT2D eigenvalue weighted by molar-refractivity contribution is 0.316. The van der Waals surface area contributed by atoms with Crippen LogP contribution < -0.4 is 25.4 Å². The standard InChI is InChI=1S/C26H23ClF2N6O3.C8H19N/c1-11(15-7-13(28)10-31-23(15)30)35-5-6-38-25-19-22(33-26(37-2)34-24(19)35)20(29)21(32-25)16-8-14(36)9-17(27)18(16)12-3-4-12;1-5-8(9-4)6-7(2)3/h7-12,36H,3-6H2,1-2H3,(H2,30,31);7-9H,5-6H2,1-4H3. The molecule has 1 aromatic carbocycles. The highest BCUT2D eigenvalue weighted by Gasteiger charge is 2.34. The van der Waals surface area contributed by atoms with Crippen LogP contribution in [0.5, 0.6) is 17.6 Å². The van der Waals surface area contributed by atoms with E-state index in [1.54, 1.807) is 4.90 Å². The summed E-state index contributed by atoms with van der Waals surface area (Å²) in [4.78, 5) is 19.1. The molecule has 1 aliphatic carbocycles. The molecule has 0 spiro atoms. The lowest BCUT2D eigenvalue weighted by Gasteiger charge is -2.30. The number of methoxy groups -OCH3 is 1. The van der Waals surface area contributed by atoms with Gasteiger partial charge in [0.05, 0.1) is 25.9 Å². The van der Waals surface area contributed by atoms with Gasteiger partial charge in [-0.15, -0.1) is 0 Å². The summed E-state index contributed by atoms with van der Waals surface area (Å²) in [6, 6.07) is 4.35. The summed E-state index contributed by atoms with van der Waals surface area (Å²) in [6.45, 7) is 9.02. The number of anilines is 2. The number of rotatable bonds is 9. The van der Waals surface area contributed by atoms with Gasteiger partial charge in [0, 0.05) is 22.2 Å². The van der Waals surface area contributed by atoms with Crippen molar-refractivity contribution in [2.75, 3.05) is 37.9 Å². The second-order valence-electron chi connectivity index (χ2n) is 12.4. The molecule has 2 unspecified atom stereocenters. The number of nitrogen functional groups attached to an aromatic ring is 1. The third-order valence-corrected chi connectivity index (χ3v) is 8.90. The molecule has 4 N–H and O–H groups in total. The Bertz CT molecular complexity index is 1750. The molecule has 4 aromatic rings. The molecule has 6 rings (SSSR count). The highest BCUT2D eigenvalue weighted by molar-refractivity contribution is 6.32. The van der Waals surface area contributed by atoms with Crippen molar-refractivity contribution in [1.29, 1.82) is 0 Å². The number of halogens is 3. The summed E-state index contributed by atoms with van der Waals surface area (Å²) >= 11 is 6.47. The molecule has 47 heavy (non-hydrogen) atoms. The van der Waals surface area contributed by atoms with E-state index >= 15 is 4.39 Å². The van der Waals surface area contributed by atoms with Gasteiger partial charge in [0.2, 0.25) is 5.88 Å². The Morgan fingerprint density at radius 2 is 1.91 bits per heavy atom. The minimum absolute atomic E-state index is 0.0426. The van der Waals surface area contributed by atoms with E-state index in [0.29, 0.717) is 28.5 Å². The van der Waals surface area contributed by atoms with Gasteiger partial charge >= 0.3 is 6.01 Å². The van der Waals surface area contributed by atoms with E-state index in [1.807, 2.05) is 14.0 Å². The predicted molar refractivity (Wildman–Crippen MR) is 180 cm³/mol. The lowest BCUT2D eigenvalue weighted by atomic mass is 9.98. The topological polar surface area (TPSA) is 132 Å². The Labute approximate surface area is 278 Å². The first kappa shape index (κ1) is 34.3. The number of aromatic hydroxyl groups is 1. The Morgan fingerprint density at radius 3 is 2.53 bits per heavy atom. The van der Waals surface area contributed by atoms with Crippen molar-refractivity contribution in [3.63, 3.8) is 0 Å². The number of hydrogen-bond donors (Lipinski definition) is 3. The summed E-state index contributed by atoms with van der Waals surface area (Å²) in [5.41, 5.74) is 7.49. The van der Waals surface area contributed by atoms with Gasteiger partial charge < -0.3 is 30.5 Å². The first-order chi connectivity index (χ1) is 22.5. The van der Waals surface area contributed by atoms with Gasteiger partial charge in [0.1, 0.15) is 46.4 Å². The molecule has 0 saturated heterocycles. The summed E-state index contributed by atoms with van der Waals surface area (Å²) < 4.78 is 41.7. The number of nitrogens with two attached hydrogens (primary N) is 1. The summed E-state index contributed by atoms with van der Waals surface area (Å²) in [7, 11) is 3.42. The number of nitrogens with one attached hydrogen (secondary N) is 1. The molecule has 0 amide bonds. The second kappa shape index (κ2) is 14.4. The van der Waals surface area contributed by atoms with Crippen molar-refractivity contribution in [2.24, 2.45) is 5.92 Å². The summed E-state index contributed by atoms with van der Waals surface area (Å²) in [6.07, 6.45) is 5.40. The number of phenolic OH excluding ortho intramolecular Hbond substituents is 1. The molecule has 0 radical (unpaired) electrons. The Hall–Kier alpha value is -4.03. The van der Waals surface area contributed by atoms with Crippen molar-refractivity contribution < 1.29 is 23.4 Å². The summed E-state index contributed by atoms with van der Waals surface area (Å²) in [5, 5.41) is 14.1. The zero-order valence-corrected chi connectivity index (χ0v) is 28.3. The van der Waals surface area contributed by atoms with Crippen LogP contribution in [0.3, 0.4) is 0 Å². The molecule has 4 heterocycles. The van der Waals surface area contributed by atoms with Crippen LogP contribution in [0, 0.1) is 17.6 Å². The third-order valence-electron chi connectivity index (χ3n) is 8.58. The molecule has 10 nitrogen and oxygen atoms in total. The number of hydrogen-bond acceptors (Lipinski definition) is 10. The number of ether oxygens (including phenoxy) is 2. The van der Waals surface area contributed by atoms with Gasteiger partial charge in [-0.1, -0.05) is 32.4 Å². The fraction of sp³-hybridized carbons (Fsp3) is 0.471. The summed E-state index contributed by atoms with van der Waals surface area (Å²) in [5.74, 6) is 0.167. The van der Waals surface area contributed by atoms with Crippen molar-refractivity contribution >= 4 is 34.1 Å². The van der Waals surface area contributed by atoms with Gasteiger partial charge in [0.25, 0.3) is 0 Å². The van der Waals surface area contributed by atoms with E-state index in [0.717, 1.165) is 36.6 Å². The quantitative estimate of drug-likeness (QED) is 0.168. The molecule has 1 fully saturated rings. The molecule has 1 saturated carbocycles. The Kier molecular flexibility index (Phi) is 10.5. The van der Waals surface area contributed by atoms with Crippen LogP contribution in [-0.2, 0) is 0 Å². The van der Waals surface area contributed by atoms with Gasteiger partial charge in [-0.3, -0.25) is 0 Å². The molecule has 252 valence electrons. The molecule has 2 atom stereocenters. The first-order valence-electron chi connectivity index (χ1n) is 15.9. The zero-order valence-electron chi connectivity index (χ0n) is 27.6. The highest BCUT2D eigenvalue weighted by atomic mass is 35.5. The Balaban J connectivity index is 0.000000424. The SMILES string of the molecule is CCC(CC(C)C)NC.COc1nc2c3c(nc(-c4cc(O)cc(Cl)c4C4CC4)c(F)c3n1)OCCN2C(C)c1cc(F)cnc1N. The second-order valence-corrected chi connectivity index (χ2v) is 12.8. The maximum Gasteiger partial charge on any atom is 0.318 e. The van der Waals surface area contributed by atoms with Crippen molar-refractivity contribution in [3.05, 3.63) is 52.2 Å². The minimum atomic E-state index is -0.737. The monoisotopic (exact) mass is 669 g/mol. The van der Waals surface area contributed by atoms with Gasteiger partial charge in [-0.2, -0.15) is 9.97 Å². The number of pyridine rings is 2. The average Bonchev–Trinajstić information content (AvgIpc) is 3.89. The Morgan fingerprint density at radius 1 is 1.17 bits per heavy atom. The van der Waals surface area contributed by atoms with Crippen LogP contribution in [-0.4, -0.2) is 58.4 Å². The maximum atomic E-state index is 16.3. The highest BCUT2D eigenvalue weighted by Crippen LogP contribution is 2.50. The lowest BCUT2D eigenvalue weighted by Crippen LogP contribution is -2.31. The van der Waals surface area contributed by atoms with E-state index in [1.165, 1.54) is 38.2 Å². The number of phenols is 1. The zero-order chi connectivity index (χ0) is 34.0. The van der Waals surface area contributed by atoms with Crippen LogP contribution >= 0.6 is 11.6 Å². The fourth-order valence-corrected chi connectivity index (χ4v) is 6.39. The smallest absolute Gasteiger partial charge is 0.318 e. The average molecular weight is 670 g/mol. The molecule has 2 aliphatic rings. The van der Waals surface area contributed by atoms with Gasteiger partial charge in [-0.05, 0) is 75.3 Å². The van der Waals surface area contributed by atoms with E-state index in [9.17, 15) is 9.50 Å². The molecule has 0 bridgehead atoms. The van der Waals surface area contributed by atoms with Crippen molar-refractivity contribution in [1.82, 2.24) is 25.3 Å². The normalized spacial score (nSPS) is 15.5. The molecule has 13 heteroatoms. The number of benzene rings is 1. The van der Waals surface area contributed by atoms with Crippen molar-refractivity contribution in [3.8, 4) is 28.9 Å². The van der Waals surface area contributed by atoms with E-state index in [-0.39, 0.29) is 52.6 Å². The number of aromatic nitrogens is 4. The molecule has 1 aliphatic heterocycles. The van der Waals surface area contributed by atoms with Crippen LogP contribution in [0.1, 0.15) is 76.5 Å². The fourth-order valence-electron chi connectivity index (χ4n) is 6.02. The van der Waals surface area contributed by atoms with Crippen LogP contribution in [0.4, 0.5) is 20.4 Å². The van der Waals surface area contributed by atoms with Crippen LogP contribution in [0.25, 0.3) is 22.2 Å². The molecular formula is C34H42ClF2N7O3. The first-order valence-corrected chi connectivity index (χ1v) is 16.3. The van der Waals surface area contributed by atoms with Gasteiger partial charge in [0.15, 0.2) is 5.82 Å². The van der Waals surface area contributed by atoms with Crippen molar-refractivity contribution in [2.45, 2.75) is 71.4 Å². The largest absolute Gasteiger partial charge is 0.508 e. The third kappa shape index (κ3) is 7.28. The number of nitrogens with zero attached hydrogens (tertiary/aromatic N) is 5. The van der Waals surface area contributed by atoms with Crippen LogP contribution in [0.2, 0.25) is 5.02 Å². The minimum Gasteiger partial charge on any atom is -0.508 e. The molecule has 3 aromatic heterocycles. The van der Waals surface area contributed by atoms with Crippen LogP contribution in [0.15, 0.2) is 24.4 Å². The van der Waals surface area contributed by atoms with E-state index in [4.69, 9.17) is 26.8 Å². The predicted octanol–water partition coefficient (Wildman–Crippen LogP) is 7.18. The van der Waals surface area contributed by atoms with E-state index in [2.05, 4.69) is 46.0 Å². The van der Waals surface area contributed by atoms with E-state index < -0.39 is 17.7 Å². The van der Waals surface area contributed by atoms with Gasteiger partial charge in [-0.25, -0.2) is 18.7 Å². The maximum absolute atomic E-state index is 16.3.